The fourth-order valence-corrected chi connectivity index (χ4v) is 1.58. The fourth-order valence-electron chi connectivity index (χ4n) is 1.58. The molecule has 0 saturated heterocycles. The van der Waals surface area contributed by atoms with Gasteiger partial charge in [0.2, 0.25) is 0 Å². The highest BCUT2D eigenvalue weighted by Crippen LogP contribution is 2.36. The molecule has 0 amide bonds. The third-order valence-corrected chi connectivity index (χ3v) is 2.40. The standard InChI is InChI=1S/C10H16O/c1-4-8-7-10(2,3)6-5-9(8)11/h4H,5-7H2,1-3H3/b8-4-. The van der Waals surface area contributed by atoms with Gasteiger partial charge < -0.3 is 0 Å². The van der Waals surface area contributed by atoms with Crippen molar-refractivity contribution in [2.45, 2.75) is 40.0 Å². The van der Waals surface area contributed by atoms with Crippen LogP contribution in [0.25, 0.3) is 0 Å². The number of carbonyl (C=O) groups excluding carboxylic acids is 1. The molecule has 1 heteroatoms. The lowest BCUT2D eigenvalue weighted by Crippen LogP contribution is -2.23. The summed E-state index contributed by atoms with van der Waals surface area (Å²) in [5, 5.41) is 0. The summed E-state index contributed by atoms with van der Waals surface area (Å²) in [5.74, 6) is 0.354. The first-order chi connectivity index (χ1) is 5.05. The van der Waals surface area contributed by atoms with E-state index < -0.39 is 0 Å². The predicted molar refractivity (Wildman–Crippen MR) is 46.4 cm³/mol. The van der Waals surface area contributed by atoms with Crippen molar-refractivity contribution in [1.82, 2.24) is 0 Å². The Kier molecular flexibility index (Phi) is 2.17. The van der Waals surface area contributed by atoms with Gasteiger partial charge in [-0.05, 0) is 30.8 Å². The molecule has 0 N–H and O–H groups in total. The molecule has 1 fully saturated rings. The Morgan fingerprint density at radius 3 is 2.55 bits per heavy atom. The van der Waals surface area contributed by atoms with Crippen LogP contribution in [0.2, 0.25) is 0 Å². The van der Waals surface area contributed by atoms with Crippen molar-refractivity contribution in [2.24, 2.45) is 5.41 Å². The summed E-state index contributed by atoms with van der Waals surface area (Å²) in [7, 11) is 0. The molecule has 0 radical (unpaired) electrons. The zero-order chi connectivity index (χ0) is 8.48. The molecule has 0 aromatic heterocycles. The maximum Gasteiger partial charge on any atom is 0.158 e. The lowest BCUT2D eigenvalue weighted by molar-refractivity contribution is -0.117. The number of carbonyl (C=O) groups is 1. The van der Waals surface area contributed by atoms with E-state index in [4.69, 9.17) is 0 Å². The van der Waals surface area contributed by atoms with E-state index in [0.717, 1.165) is 24.8 Å². The molecule has 0 heterocycles. The third kappa shape index (κ3) is 1.92. The molecule has 1 saturated carbocycles. The van der Waals surface area contributed by atoms with Crippen LogP contribution in [0.15, 0.2) is 11.6 Å². The van der Waals surface area contributed by atoms with E-state index >= 15 is 0 Å². The molecule has 1 nitrogen and oxygen atoms in total. The number of Topliss-reactive ketones (excluding diaryl/α,β-unsaturated/α-hetero) is 1. The normalized spacial score (nSPS) is 27.5. The Morgan fingerprint density at radius 1 is 1.45 bits per heavy atom. The van der Waals surface area contributed by atoms with Crippen molar-refractivity contribution in [1.29, 1.82) is 0 Å². The van der Waals surface area contributed by atoms with Crippen LogP contribution in [0.1, 0.15) is 40.0 Å². The van der Waals surface area contributed by atoms with Crippen molar-refractivity contribution < 1.29 is 4.79 Å². The van der Waals surface area contributed by atoms with Crippen molar-refractivity contribution in [3.8, 4) is 0 Å². The van der Waals surface area contributed by atoms with Crippen LogP contribution in [0.4, 0.5) is 0 Å². The van der Waals surface area contributed by atoms with Gasteiger partial charge in [0.1, 0.15) is 0 Å². The predicted octanol–water partition coefficient (Wildman–Crippen LogP) is 2.71. The number of hydrogen-bond acceptors (Lipinski definition) is 1. The molecule has 0 bridgehead atoms. The van der Waals surface area contributed by atoms with E-state index in [2.05, 4.69) is 13.8 Å². The van der Waals surface area contributed by atoms with Gasteiger partial charge in [-0.2, -0.15) is 0 Å². The molecule has 62 valence electrons. The topological polar surface area (TPSA) is 17.1 Å². The van der Waals surface area contributed by atoms with Gasteiger partial charge in [-0.15, -0.1) is 0 Å². The first kappa shape index (κ1) is 8.51. The number of rotatable bonds is 0. The van der Waals surface area contributed by atoms with Gasteiger partial charge >= 0.3 is 0 Å². The van der Waals surface area contributed by atoms with Gasteiger partial charge in [-0.25, -0.2) is 0 Å². The average Bonchev–Trinajstić information content (AvgIpc) is 1.94. The molecule has 0 aromatic rings. The molecular weight excluding hydrogens is 136 g/mol. The number of allylic oxidation sites excluding steroid dienone is 2. The van der Waals surface area contributed by atoms with Crippen LogP contribution in [0, 0.1) is 5.41 Å². The van der Waals surface area contributed by atoms with Gasteiger partial charge in [0.05, 0.1) is 0 Å². The lowest BCUT2D eigenvalue weighted by Gasteiger charge is -2.30. The highest BCUT2D eigenvalue weighted by molar-refractivity contribution is 5.96. The summed E-state index contributed by atoms with van der Waals surface area (Å²) < 4.78 is 0. The van der Waals surface area contributed by atoms with Gasteiger partial charge in [-0.3, -0.25) is 4.79 Å². The molecule has 0 aliphatic heterocycles. The van der Waals surface area contributed by atoms with E-state index in [1.165, 1.54) is 0 Å². The van der Waals surface area contributed by atoms with E-state index in [9.17, 15) is 4.79 Å². The lowest BCUT2D eigenvalue weighted by atomic mass is 9.74. The van der Waals surface area contributed by atoms with Crippen LogP contribution < -0.4 is 0 Å². The van der Waals surface area contributed by atoms with Crippen molar-refractivity contribution in [3.05, 3.63) is 11.6 Å². The Morgan fingerprint density at radius 2 is 2.09 bits per heavy atom. The first-order valence-corrected chi connectivity index (χ1v) is 4.23. The summed E-state index contributed by atoms with van der Waals surface area (Å²) in [4.78, 5) is 11.2. The van der Waals surface area contributed by atoms with Crippen LogP contribution in [0.3, 0.4) is 0 Å². The number of hydrogen-bond donors (Lipinski definition) is 0. The molecular formula is C10H16O. The molecule has 1 aliphatic carbocycles. The largest absolute Gasteiger partial charge is 0.295 e. The van der Waals surface area contributed by atoms with Crippen LogP contribution in [0.5, 0.6) is 0 Å². The molecule has 11 heavy (non-hydrogen) atoms. The second kappa shape index (κ2) is 2.80. The number of ketones is 1. The van der Waals surface area contributed by atoms with Crippen LogP contribution in [-0.2, 0) is 4.79 Å². The quantitative estimate of drug-likeness (QED) is 0.488. The second-order valence-electron chi connectivity index (χ2n) is 4.08. The van der Waals surface area contributed by atoms with E-state index in [0.29, 0.717) is 11.2 Å². The summed E-state index contributed by atoms with van der Waals surface area (Å²) >= 11 is 0. The molecule has 0 aromatic carbocycles. The Bertz CT molecular complexity index is 199. The maximum atomic E-state index is 11.2. The summed E-state index contributed by atoms with van der Waals surface area (Å²) in [6, 6.07) is 0. The third-order valence-electron chi connectivity index (χ3n) is 2.40. The molecule has 0 atom stereocenters. The molecule has 0 unspecified atom stereocenters. The minimum absolute atomic E-state index is 0.343. The summed E-state index contributed by atoms with van der Waals surface area (Å²) in [5.41, 5.74) is 1.37. The maximum absolute atomic E-state index is 11.2. The highest BCUT2D eigenvalue weighted by Gasteiger charge is 2.28. The Balaban J connectivity index is 2.74. The van der Waals surface area contributed by atoms with Gasteiger partial charge in [0.15, 0.2) is 5.78 Å². The minimum atomic E-state index is 0.343. The Hall–Kier alpha value is -0.590. The molecule has 0 spiro atoms. The van der Waals surface area contributed by atoms with Crippen LogP contribution >= 0.6 is 0 Å². The van der Waals surface area contributed by atoms with Crippen molar-refractivity contribution in [2.75, 3.05) is 0 Å². The van der Waals surface area contributed by atoms with E-state index in [1.807, 2.05) is 13.0 Å². The first-order valence-electron chi connectivity index (χ1n) is 4.23. The highest BCUT2D eigenvalue weighted by atomic mass is 16.1. The summed E-state index contributed by atoms with van der Waals surface area (Å²) in [6.45, 7) is 6.40. The SMILES string of the molecule is C/C=C1/CC(C)(C)CCC1=O. The molecule has 1 rings (SSSR count). The van der Waals surface area contributed by atoms with E-state index in [1.54, 1.807) is 0 Å². The van der Waals surface area contributed by atoms with Gasteiger partial charge in [0.25, 0.3) is 0 Å². The molecule has 1 aliphatic rings. The summed E-state index contributed by atoms with van der Waals surface area (Å²) in [6.07, 6.45) is 4.71. The van der Waals surface area contributed by atoms with E-state index in [-0.39, 0.29) is 0 Å². The monoisotopic (exact) mass is 152 g/mol. The fraction of sp³-hybridized carbons (Fsp3) is 0.700. The zero-order valence-electron chi connectivity index (χ0n) is 7.61. The average molecular weight is 152 g/mol. The minimum Gasteiger partial charge on any atom is -0.295 e. The Labute approximate surface area is 68.5 Å². The smallest absolute Gasteiger partial charge is 0.158 e. The van der Waals surface area contributed by atoms with Crippen molar-refractivity contribution >= 4 is 5.78 Å². The van der Waals surface area contributed by atoms with Gasteiger partial charge in [0, 0.05) is 6.42 Å². The van der Waals surface area contributed by atoms with Crippen molar-refractivity contribution in [3.63, 3.8) is 0 Å². The zero-order valence-corrected chi connectivity index (χ0v) is 7.61. The van der Waals surface area contributed by atoms with Gasteiger partial charge in [-0.1, -0.05) is 19.9 Å². The second-order valence-corrected chi connectivity index (χ2v) is 4.08. The van der Waals surface area contributed by atoms with Crippen LogP contribution in [-0.4, -0.2) is 5.78 Å².